The van der Waals surface area contributed by atoms with Crippen molar-refractivity contribution in [3.05, 3.63) is 11.4 Å². The lowest BCUT2D eigenvalue weighted by Crippen LogP contribution is -2.41. The Bertz CT molecular complexity index is 609. The highest BCUT2D eigenvalue weighted by Gasteiger charge is 2.35. The molecule has 0 saturated carbocycles. The van der Waals surface area contributed by atoms with E-state index in [1.54, 1.807) is 22.8 Å². The molecule has 6 nitrogen and oxygen atoms in total. The molecule has 1 fully saturated rings. The van der Waals surface area contributed by atoms with Crippen LogP contribution in [0.25, 0.3) is 0 Å². The number of sulfonamides is 1. The van der Waals surface area contributed by atoms with E-state index in [-0.39, 0.29) is 5.41 Å². The Labute approximate surface area is 127 Å². The Hall–Kier alpha value is -0.920. The maximum atomic E-state index is 12.9. The zero-order valence-corrected chi connectivity index (χ0v) is 14.2. The van der Waals surface area contributed by atoms with Gasteiger partial charge in [0.1, 0.15) is 4.90 Å². The van der Waals surface area contributed by atoms with E-state index in [4.69, 9.17) is 5.73 Å². The van der Waals surface area contributed by atoms with Crippen molar-refractivity contribution in [1.82, 2.24) is 14.1 Å². The molecule has 0 aromatic carbocycles. The number of piperidine rings is 1. The molecule has 0 amide bonds. The SMILES string of the molecule is Cc1nn(CCN)c(C)c1S(=O)(=O)N1CCC(C)(C)CC1. The van der Waals surface area contributed by atoms with Crippen molar-refractivity contribution in [1.29, 1.82) is 0 Å². The fourth-order valence-corrected chi connectivity index (χ4v) is 4.67. The van der Waals surface area contributed by atoms with Crippen LogP contribution in [0.4, 0.5) is 0 Å². The Morgan fingerprint density at radius 1 is 1.24 bits per heavy atom. The summed E-state index contributed by atoms with van der Waals surface area (Å²) in [6.45, 7) is 10.1. The molecule has 0 aliphatic carbocycles. The summed E-state index contributed by atoms with van der Waals surface area (Å²) in [6, 6.07) is 0. The highest BCUT2D eigenvalue weighted by molar-refractivity contribution is 7.89. The lowest BCUT2D eigenvalue weighted by Gasteiger charge is -2.36. The van der Waals surface area contributed by atoms with Gasteiger partial charge in [-0.05, 0) is 32.1 Å². The fourth-order valence-electron chi connectivity index (χ4n) is 2.85. The summed E-state index contributed by atoms with van der Waals surface area (Å²) in [4.78, 5) is 0.357. The molecular formula is C14H26N4O2S. The minimum atomic E-state index is -3.46. The van der Waals surface area contributed by atoms with Gasteiger partial charge in [0.25, 0.3) is 0 Å². The van der Waals surface area contributed by atoms with Crippen LogP contribution in [0.5, 0.6) is 0 Å². The van der Waals surface area contributed by atoms with Gasteiger partial charge in [-0.15, -0.1) is 0 Å². The summed E-state index contributed by atoms with van der Waals surface area (Å²) < 4.78 is 29.1. The molecule has 0 atom stereocenters. The summed E-state index contributed by atoms with van der Waals surface area (Å²) >= 11 is 0. The predicted molar refractivity (Wildman–Crippen MR) is 82.5 cm³/mol. The molecule has 0 unspecified atom stereocenters. The van der Waals surface area contributed by atoms with E-state index >= 15 is 0 Å². The van der Waals surface area contributed by atoms with Crippen LogP contribution in [0, 0.1) is 19.3 Å². The zero-order chi connectivity index (χ0) is 15.8. The highest BCUT2D eigenvalue weighted by atomic mass is 32.2. The van der Waals surface area contributed by atoms with E-state index in [2.05, 4.69) is 18.9 Å². The van der Waals surface area contributed by atoms with E-state index in [0.29, 0.717) is 42.5 Å². The van der Waals surface area contributed by atoms with Crippen LogP contribution in [0.2, 0.25) is 0 Å². The van der Waals surface area contributed by atoms with Crippen molar-refractivity contribution in [2.24, 2.45) is 11.1 Å². The number of nitrogens with zero attached hydrogens (tertiary/aromatic N) is 3. The van der Waals surface area contributed by atoms with Crippen molar-refractivity contribution in [2.45, 2.75) is 52.0 Å². The van der Waals surface area contributed by atoms with Crippen LogP contribution in [-0.2, 0) is 16.6 Å². The third-order valence-corrected chi connectivity index (χ3v) is 6.48. The number of rotatable bonds is 4. The monoisotopic (exact) mass is 314 g/mol. The molecule has 2 rings (SSSR count). The summed E-state index contributed by atoms with van der Waals surface area (Å²) in [5.74, 6) is 0. The van der Waals surface area contributed by atoms with E-state index in [0.717, 1.165) is 12.8 Å². The smallest absolute Gasteiger partial charge is 0.246 e. The van der Waals surface area contributed by atoms with Gasteiger partial charge in [-0.2, -0.15) is 9.40 Å². The first-order valence-electron chi connectivity index (χ1n) is 7.43. The Balaban J connectivity index is 2.32. The average Bonchev–Trinajstić information content (AvgIpc) is 2.65. The standard InChI is InChI=1S/C14H26N4O2S/c1-11-13(12(2)18(16-11)10-7-15)21(19,20)17-8-5-14(3,4)6-9-17/h5-10,15H2,1-4H3. The zero-order valence-electron chi connectivity index (χ0n) is 13.4. The Kier molecular flexibility index (Phi) is 4.46. The van der Waals surface area contributed by atoms with Crippen LogP contribution in [0.15, 0.2) is 4.90 Å². The van der Waals surface area contributed by atoms with E-state index in [9.17, 15) is 8.42 Å². The Morgan fingerprint density at radius 3 is 2.33 bits per heavy atom. The maximum absolute atomic E-state index is 12.9. The third-order valence-electron chi connectivity index (χ3n) is 4.33. The second-order valence-electron chi connectivity index (χ2n) is 6.58. The molecule has 0 bridgehead atoms. The Morgan fingerprint density at radius 2 is 1.81 bits per heavy atom. The average molecular weight is 314 g/mol. The molecule has 1 aromatic heterocycles. The molecule has 1 aromatic rings. The second-order valence-corrected chi connectivity index (χ2v) is 8.45. The van der Waals surface area contributed by atoms with E-state index < -0.39 is 10.0 Å². The summed E-state index contributed by atoms with van der Waals surface area (Å²) in [5, 5.41) is 4.32. The topological polar surface area (TPSA) is 81.2 Å². The maximum Gasteiger partial charge on any atom is 0.246 e. The van der Waals surface area contributed by atoms with Gasteiger partial charge in [-0.1, -0.05) is 13.8 Å². The molecule has 120 valence electrons. The first-order valence-corrected chi connectivity index (χ1v) is 8.87. The number of hydrogen-bond acceptors (Lipinski definition) is 4. The first kappa shape index (κ1) is 16.5. The molecule has 1 aliphatic rings. The predicted octanol–water partition coefficient (Wildman–Crippen LogP) is 1.27. The van der Waals surface area contributed by atoms with E-state index in [1.165, 1.54) is 0 Å². The molecule has 1 saturated heterocycles. The van der Waals surface area contributed by atoms with Crippen LogP contribution in [0.3, 0.4) is 0 Å². The van der Waals surface area contributed by atoms with Gasteiger partial charge in [0, 0.05) is 19.6 Å². The largest absolute Gasteiger partial charge is 0.329 e. The van der Waals surface area contributed by atoms with Gasteiger partial charge < -0.3 is 5.73 Å². The van der Waals surface area contributed by atoms with Crippen molar-refractivity contribution in [2.75, 3.05) is 19.6 Å². The van der Waals surface area contributed by atoms with Crippen molar-refractivity contribution in [3.63, 3.8) is 0 Å². The minimum Gasteiger partial charge on any atom is -0.329 e. The van der Waals surface area contributed by atoms with Crippen molar-refractivity contribution < 1.29 is 8.42 Å². The number of aryl methyl sites for hydroxylation is 1. The number of hydrogen-bond donors (Lipinski definition) is 1. The van der Waals surface area contributed by atoms with Crippen LogP contribution < -0.4 is 5.73 Å². The fraction of sp³-hybridized carbons (Fsp3) is 0.786. The van der Waals surface area contributed by atoms with Gasteiger partial charge in [0.15, 0.2) is 0 Å². The number of nitrogens with two attached hydrogens (primary N) is 1. The molecule has 0 radical (unpaired) electrons. The molecule has 2 N–H and O–H groups in total. The third kappa shape index (κ3) is 3.14. The molecule has 2 heterocycles. The molecule has 0 spiro atoms. The van der Waals surface area contributed by atoms with Gasteiger partial charge in [-0.3, -0.25) is 4.68 Å². The quantitative estimate of drug-likeness (QED) is 0.907. The van der Waals surface area contributed by atoms with Crippen molar-refractivity contribution >= 4 is 10.0 Å². The molecular weight excluding hydrogens is 288 g/mol. The van der Waals surface area contributed by atoms with E-state index in [1.807, 2.05) is 0 Å². The molecule has 7 heteroatoms. The van der Waals surface area contributed by atoms with Crippen LogP contribution >= 0.6 is 0 Å². The van der Waals surface area contributed by atoms with Gasteiger partial charge in [-0.25, -0.2) is 8.42 Å². The van der Waals surface area contributed by atoms with Crippen LogP contribution in [0.1, 0.15) is 38.1 Å². The molecule has 1 aliphatic heterocycles. The lowest BCUT2D eigenvalue weighted by atomic mass is 9.83. The summed E-state index contributed by atoms with van der Waals surface area (Å²) in [7, 11) is -3.46. The van der Waals surface area contributed by atoms with Crippen molar-refractivity contribution in [3.8, 4) is 0 Å². The summed E-state index contributed by atoms with van der Waals surface area (Å²) in [5.41, 5.74) is 7.02. The second kappa shape index (κ2) is 5.70. The number of aromatic nitrogens is 2. The molecule has 21 heavy (non-hydrogen) atoms. The van der Waals surface area contributed by atoms with Gasteiger partial charge in [0.05, 0.1) is 17.9 Å². The van der Waals surface area contributed by atoms with Crippen LogP contribution in [-0.4, -0.2) is 42.1 Å². The van der Waals surface area contributed by atoms with Gasteiger partial charge in [0.2, 0.25) is 10.0 Å². The summed E-state index contributed by atoms with van der Waals surface area (Å²) in [6.07, 6.45) is 1.78. The first-order chi connectivity index (χ1) is 9.69. The minimum absolute atomic E-state index is 0.222. The lowest BCUT2D eigenvalue weighted by molar-refractivity contribution is 0.195. The highest BCUT2D eigenvalue weighted by Crippen LogP contribution is 2.33. The van der Waals surface area contributed by atoms with Gasteiger partial charge >= 0.3 is 0 Å². The normalized spacial score (nSPS) is 19.9.